The highest BCUT2D eigenvalue weighted by Crippen LogP contribution is 2.15. The standard InChI is InChI=1S/C13H20O5S/c1-3-7-12(11-19(14,15)18-16-2)10-17-13-8-5-4-6-9-13/h4-6,8-9,12H,3,7,10-11H2,1-2H3. The Balaban J connectivity index is 2.53. The van der Waals surface area contributed by atoms with E-state index in [9.17, 15) is 8.42 Å². The molecule has 0 bridgehead atoms. The van der Waals surface area contributed by atoms with E-state index in [1.165, 1.54) is 7.11 Å². The molecule has 1 atom stereocenters. The fraction of sp³-hybridized carbons (Fsp3) is 0.538. The molecule has 0 saturated heterocycles. The molecule has 1 aromatic rings. The van der Waals surface area contributed by atoms with E-state index < -0.39 is 10.1 Å². The molecule has 1 rings (SSSR count). The summed E-state index contributed by atoms with van der Waals surface area (Å²) in [7, 11) is -2.49. The van der Waals surface area contributed by atoms with Crippen LogP contribution in [0.25, 0.3) is 0 Å². The Kier molecular flexibility index (Phi) is 6.83. The van der Waals surface area contributed by atoms with Crippen molar-refractivity contribution in [1.29, 1.82) is 0 Å². The molecule has 0 fully saturated rings. The molecule has 1 aromatic carbocycles. The first kappa shape index (κ1) is 15.9. The van der Waals surface area contributed by atoms with Crippen molar-refractivity contribution in [1.82, 2.24) is 0 Å². The second-order valence-electron chi connectivity index (χ2n) is 4.24. The monoisotopic (exact) mass is 288 g/mol. The van der Waals surface area contributed by atoms with Crippen LogP contribution in [-0.2, 0) is 19.3 Å². The van der Waals surface area contributed by atoms with Gasteiger partial charge in [0.15, 0.2) is 0 Å². The van der Waals surface area contributed by atoms with Crippen LogP contribution in [0.3, 0.4) is 0 Å². The van der Waals surface area contributed by atoms with E-state index in [2.05, 4.69) is 9.22 Å². The predicted octanol–water partition coefficient (Wildman–Crippen LogP) is 2.39. The highest BCUT2D eigenvalue weighted by molar-refractivity contribution is 7.86. The number of para-hydroxylation sites is 1. The second kappa shape index (κ2) is 8.14. The Bertz CT molecular complexity index is 443. The number of hydrogen-bond donors (Lipinski definition) is 0. The minimum atomic E-state index is -3.66. The van der Waals surface area contributed by atoms with Gasteiger partial charge in [-0.25, -0.2) is 4.89 Å². The second-order valence-corrected chi connectivity index (χ2v) is 5.82. The van der Waals surface area contributed by atoms with Crippen molar-refractivity contribution in [2.45, 2.75) is 19.8 Å². The average Bonchev–Trinajstić information content (AvgIpc) is 2.37. The Labute approximate surface area is 114 Å². The van der Waals surface area contributed by atoms with Gasteiger partial charge in [0.05, 0.1) is 19.5 Å². The zero-order valence-corrected chi connectivity index (χ0v) is 12.1. The van der Waals surface area contributed by atoms with E-state index in [1.54, 1.807) is 0 Å². The third-order valence-corrected chi connectivity index (χ3v) is 3.76. The number of hydrogen-bond acceptors (Lipinski definition) is 5. The molecule has 1 unspecified atom stereocenters. The minimum absolute atomic E-state index is 0.110. The SMILES string of the molecule is CCCC(COc1ccccc1)CS(=O)(=O)OOC. The maximum atomic E-state index is 11.5. The smallest absolute Gasteiger partial charge is 0.293 e. The molecule has 0 amide bonds. The van der Waals surface area contributed by atoms with E-state index in [-0.39, 0.29) is 11.7 Å². The third-order valence-electron chi connectivity index (χ3n) is 2.54. The summed E-state index contributed by atoms with van der Waals surface area (Å²) in [4.78, 5) is 4.22. The van der Waals surface area contributed by atoms with Gasteiger partial charge < -0.3 is 4.74 Å². The maximum absolute atomic E-state index is 11.5. The van der Waals surface area contributed by atoms with Gasteiger partial charge in [0.1, 0.15) is 5.75 Å². The van der Waals surface area contributed by atoms with E-state index in [0.29, 0.717) is 6.61 Å². The van der Waals surface area contributed by atoms with E-state index in [1.807, 2.05) is 37.3 Å². The number of ether oxygens (including phenoxy) is 1. The van der Waals surface area contributed by atoms with Crippen LogP contribution in [0.1, 0.15) is 19.8 Å². The summed E-state index contributed by atoms with van der Waals surface area (Å²) < 4.78 is 32.9. The van der Waals surface area contributed by atoms with Gasteiger partial charge in [0.25, 0.3) is 10.1 Å². The van der Waals surface area contributed by atoms with Crippen molar-refractivity contribution < 1.29 is 22.4 Å². The fourth-order valence-corrected chi connectivity index (χ4v) is 2.88. The first-order chi connectivity index (χ1) is 9.07. The topological polar surface area (TPSA) is 61.8 Å². The van der Waals surface area contributed by atoms with Crippen LogP contribution in [-0.4, -0.2) is 27.9 Å². The maximum Gasteiger partial charge on any atom is 0.293 e. The van der Waals surface area contributed by atoms with Crippen LogP contribution in [0.5, 0.6) is 5.75 Å². The molecule has 0 aromatic heterocycles. The summed E-state index contributed by atoms with van der Waals surface area (Å²) >= 11 is 0. The molecule has 0 heterocycles. The molecular formula is C13H20O5S. The van der Waals surface area contributed by atoms with Crippen molar-refractivity contribution >= 4 is 10.1 Å². The normalized spacial score (nSPS) is 13.2. The first-order valence-electron chi connectivity index (χ1n) is 6.20. The van der Waals surface area contributed by atoms with E-state index >= 15 is 0 Å². The molecular weight excluding hydrogens is 268 g/mol. The van der Waals surface area contributed by atoms with Crippen LogP contribution in [0, 0.1) is 5.92 Å². The van der Waals surface area contributed by atoms with Gasteiger partial charge in [-0.1, -0.05) is 31.5 Å². The van der Waals surface area contributed by atoms with Crippen LogP contribution in [0.2, 0.25) is 0 Å². The summed E-state index contributed by atoms with van der Waals surface area (Å²) in [5.41, 5.74) is 0. The van der Waals surface area contributed by atoms with E-state index in [0.717, 1.165) is 18.6 Å². The lowest BCUT2D eigenvalue weighted by molar-refractivity contribution is -0.172. The lowest BCUT2D eigenvalue weighted by Gasteiger charge is -2.16. The van der Waals surface area contributed by atoms with Crippen LogP contribution < -0.4 is 4.74 Å². The summed E-state index contributed by atoms with van der Waals surface area (Å²) in [5.74, 6) is 0.501. The summed E-state index contributed by atoms with van der Waals surface area (Å²) in [5, 5.41) is 0. The molecule has 5 nitrogen and oxygen atoms in total. The van der Waals surface area contributed by atoms with Gasteiger partial charge in [-0.15, -0.1) is 4.33 Å². The molecule has 0 saturated carbocycles. The number of benzene rings is 1. The molecule has 0 spiro atoms. The highest BCUT2D eigenvalue weighted by atomic mass is 32.2. The van der Waals surface area contributed by atoms with E-state index in [4.69, 9.17) is 4.74 Å². The van der Waals surface area contributed by atoms with Gasteiger partial charge in [0.2, 0.25) is 0 Å². The summed E-state index contributed by atoms with van der Waals surface area (Å²) in [6.07, 6.45) is 1.63. The van der Waals surface area contributed by atoms with Crippen LogP contribution in [0.4, 0.5) is 0 Å². The molecule has 0 N–H and O–H groups in total. The van der Waals surface area contributed by atoms with Gasteiger partial charge in [-0.3, -0.25) is 0 Å². The summed E-state index contributed by atoms with van der Waals surface area (Å²) in [6.45, 7) is 2.34. The van der Waals surface area contributed by atoms with Gasteiger partial charge in [0, 0.05) is 5.92 Å². The molecule has 19 heavy (non-hydrogen) atoms. The molecule has 0 aliphatic carbocycles. The van der Waals surface area contributed by atoms with Crippen LogP contribution in [0.15, 0.2) is 30.3 Å². The Morgan fingerprint density at radius 1 is 1.21 bits per heavy atom. The molecule has 0 aliphatic heterocycles. The van der Waals surface area contributed by atoms with Crippen molar-refractivity contribution in [3.63, 3.8) is 0 Å². The Morgan fingerprint density at radius 3 is 2.47 bits per heavy atom. The van der Waals surface area contributed by atoms with Crippen molar-refractivity contribution in [2.24, 2.45) is 5.92 Å². The Morgan fingerprint density at radius 2 is 1.89 bits per heavy atom. The lowest BCUT2D eigenvalue weighted by atomic mass is 10.1. The van der Waals surface area contributed by atoms with Gasteiger partial charge >= 0.3 is 0 Å². The Hall–Kier alpha value is -1.11. The molecule has 0 aliphatic rings. The first-order valence-corrected chi connectivity index (χ1v) is 7.78. The molecule has 6 heteroatoms. The molecule has 0 radical (unpaired) electrons. The van der Waals surface area contributed by atoms with Crippen molar-refractivity contribution in [2.75, 3.05) is 19.5 Å². The summed E-state index contributed by atoms with van der Waals surface area (Å²) in [6, 6.07) is 9.31. The zero-order valence-electron chi connectivity index (χ0n) is 11.2. The lowest BCUT2D eigenvalue weighted by Crippen LogP contribution is -2.23. The largest absolute Gasteiger partial charge is 0.493 e. The van der Waals surface area contributed by atoms with Gasteiger partial charge in [-0.2, -0.15) is 8.42 Å². The average molecular weight is 288 g/mol. The quantitative estimate of drug-likeness (QED) is 0.516. The van der Waals surface area contributed by atoms with Crippen LogP contribution >= 0.6 is 0 Å². The van der Waals surface area contributed by atoms with Crippen molar-refractivity contribution in [3.05, 3.63) is 30.3 Å². The van der Waals surface area contributed by atoms with Crippen molar-refractivity contribution in [3.8, 4) is 5.75 Å². The third kappa shape index (κ3) is 6.56. The van der Waals surface area contributed by atoms with Gasteiger partial charge in [-0.05, 0) is 18.6 Å². The number of rotatable bonds is 9. The predicted molar refractivity (Wildman–Crippen MR) is 72.2 cm³/mol. The molecule has 108 valence electrons. The highest BCUT2D eigenvalue weighted by Gasteiger charge is 2.20. The zero-order chi connectivity index (χ0) is 14.1. The minimum Gasteiger partial charge on any atom is -0.493 e. The fourth-order valence-electron chi connectivity index (χ4n) is 1.77.